The van der Waals surface area contributed by atoms with Crippen molar-refractivity contribution in [2.45, 2.75) is 58.8 Å². The lowest BCUT2D eigenvalue weighted by atomic mass is 9.84. The van der Waals surface area contributed by atoms with Crippen molar-refractivity contribution >= 4 is 5.91 Å². The summed E-state index contributed by atoms with van der Waals surface area (Å²) in [7, 11) is 0. The number of nitrogens with two attached hydrogens (primary N) is 1. The van der Waals surface area contributed by atoms with Gasteiger partial charge in [0.2, 0.25) is 5.91 Å². The SMILES string of the molecule is CC(C)(CCN)CCC(=O)NCCCC1CC1. The fraction of sp³-hybridized carbons (Fsp3) is 0.929. The summed E-state index contributed by atoms with van der Waals surface area (Å²) < 4.78 is 0. The molecule has 0 saturated heterocycles. The fourth-order valence-corrected chi connectivity index (χ4v) is 2.08. The van der Waals surface area contributed by atoms with Crippen LogP contribution in [0.1, 0.15) is 58.8 Å². The fourth-order valence-electron chi connectivity index (χ4n) is 2.08. The Kier molecular flexibility index (Phi) is 5.96. The minimum Gasteiger partial charge on any atom is -0.356 e. The van der Waals surface area contributed by atoms with Crippen molar-refractivity contribution < 1.29 is 4.79 Å². The first-order valence-corrected chi connectivity index (χ1v) is 7.00. The first kappa shape index (κ1) is 14.5. The Morgan fingerprint density at radius 3 is 2.65 bits per heavy atom. The van der Waals surface area contributed by atoms with Crippen LogP contribution in [0, 0.1) is 11.3 Å². The molecule has 0 unspecified atom stereocenters. The average molecular weight is 240 g/mol. The summed E-state index contributed by atoms with van der Waals surface area (Å²) in [6.07, 6.45) is 7.79. The summed E-state index contributed by atoms with van der Waals surface area (Å²) in [4.78, 5) is 11.6. The van der Waals surface area contributed by atoms with E-state index in [4.69, 9.17) is 5.73 Å². The molecule has 0 atom stereocenters. The highest BCUT2D eigenvalue weighted by atomic mass is 16.1. The number of carbonyl (C=O) groups is 1. The third-order valence-electron chi connectivity index (χ3n) is 3.66. The summed E-state index contributed by atoms with van der Waals surface area (Å²) in [5, 5.41) is 3.01. The Hall–Kier alpha value is -0.570. The molecule has 1 rings (SSSR count). The van der Waals surface area contributed by atoms with E-state index >= 15 is 0 Å². The van der Waals surface area contributed by atoms with Gasteiger partial charge in [0.1, 0.15) is 0 Å². The monoisotopic (exact) mass is 240 g/mol. The lowest BCUT2D eigenvalue weighted by Crippen LogP contribution is -2.26. The molecule has 0 spiro atoms. The van der Waals surface area contributed by atoms with Crippen molar-refractivity contribution in [1.82, 2.24) is 5.32 Å². The van der Waals surface area contributed by atoms with Gasteiger partial charge < -0.3 is 11.1 Å². The van der Waals surface area contributed by atoms with E-state index in [-0.39, 0.29) is 11.3 Å². The second kappa shape index (κ2) is 7.00. The van der Waals surface area contributed by atoms with Crippen molar-refractivity contribution in [3.8, 4) is 0 Å². The number of hydrogen-bond donors (Lipinski definition) is 2. The van der Waals surface area contributed by atoms with E-state index in [0.29, 0.717) is 13.0 Å². The molecule has 1 aliphatic carbocycles. The third-order valence-corrected chi connectivity index (χ3v) is 3.66. The highest BCUT2D eigenvalue weighted by Gasteiger charge is 2.20. The summed E-state index contributed by atoms with van der Waals surface area (Å²) in [6, 6.07) is 0. The average Bonchev–Trinajstić information content (AvgIpc) is 3.05. The number of rotatable bonds is 9. The van der Waals surface area contributed by atoms with Crippen molar-refractivity contribution in [3.63, 3.8) is 0 Å². The number of carbonyl (C=O) groups excluding carboxylic acids is 1. The first-order chi connectivity index (χ1) is 8.03. The van der Waals surface area contributed by atoms with Crippen LogP contribution < -0.4 is 11.1 Å². The second-order valence-corrected chi connectivity index (χ2v) is 6.14. The molecule has 3 N–H and O–H groups in total. The molecule has 0 aromatic rings. The molecule has 1 aliphatic rings. The zero-order valence-corrected chi connectivity index (χ0v) is 11.4. The highest BCUT2D eigenvalue weighted by molar-refractivity contribution is 5.75. The van der Waals surface area contributed by atoms with Gasteiger partial charge in [0.05, 0.1) is 0 Å². The standard InChI is InChI=1S/C14H28N2O/c1-14(2,9-10-15)8-7-13(17)16-11-3-4-12-5-6-12/h12H,3-11,15H2,1-2H3,(H,16,17). The smallest absolute Gasteiger partial charge is 0.220 e. The molecule has 1 fully saturated rings. The van der Waals surface area contributed by atoms with Crippen molar-refractivity contribution in [2.24, 2.45) is 17.1 Å². The minimum atomic E-state index is 0.195. The molecule has 0 aliphatic heterocycles. The normalized spacial score (nSPS) is 15.9. The second-order valence-electron chi connectivity index (χ2n) is 6.14. The third kappa shape index (κ3) is 7.37. The van der Waals surface area contributed by atoms with Gasteiger partial charge in [-0.1, -0.05) is 26.7 Å². The Balaban J connectivity index is 1.99. The van der Waals surface area contributed by atoms with E-state index in [1.54, 1.807) is 0 Å². The molecule has 0 radical (unpaired) electrons. The number of hydrogen-bond acceptors (Lipinski definition) is 2. The molecule has 1 amide bonds. The van der Waals surface area contributed by atoms with Crippen molar-refractivity contribution in [2.75, 3.05) is 13.1 Å². The van der Waals surface area contributed by atoms with Crippen molar-refractivity contribution in [3.05, 3.63) is 0 Å². The molecular weight excluding hydrogens is 212 g/mol. The molecule has 17 heavy (non-hydrogen) atoms. The Bertz CT molecular complexity index is 234. The van der Waals surface area contributed by atoms with Crippen LogP contribution in [0.5, 0.6) is 0 Å². The van der Waals surface area contributed by atoms with Crippen LogP contribution in [-0.2, 0) is 4.79 Å². The van der Waals surface area contributed by atoms with Crippen LogP contribution in [0.15, 0.2) is 0 Å². The quantitative estimate of drug-likeness (QED) is 0.608. The molecule has 3 heteroatoms. The van der Waals surface area contributed by atoms with E-state index in [0.717, 1.165) is 31.7 Å². The predicted octanol–water partition coefficient (Wildman–Crippen LogP) is 2.45. The largest absolute Gasteiger partial charge is 0.356 e. The zero-order chi connectivity index (χ0) is 12.7. The lowest BCUT2D eigenvalue weighted by molar-refractivity contribution is -0.121. The summed E-state index contributed by atoms with van der Waals surface area (Å²) in [5.41, 5.74) is 5.75. The maximum Gasteiger partial charge on any atom is 0.220 e. The maximum absolute atomic E-state index is 11.6. The number of amides is 1. The molecule has 100 valence electrons. The van der Waals surface area contributed by atoms with Gasteiger partial charge >= 0.3 is 0 Å². The van der Waals surface area contributed by atoms with Crippen LogP contribution in [-0.4, -0.2) is 19.0 Å². The van der Waals surface area contributed by atoms with Gasteiger partial charge in [-0.05, 0) is 43.6 Å². The van der Waals surface area contributed by atoms with Crippen LogP contribution >= 0.6 is 0 Å². The molecule has 0 aromatic carbocycles. The Labute approximate surface area is 106 Å². The minimum absolute atomic E-state index is 0.195. The summed E-state index contributed by atoms with van der Waals surface area (Å²) in [6.45, 7) is 5.92. The van der Waals surface area contributed by atoms with Gasteiger partial charge in [-0.15, -0.1) is 0 Å². The molecule has 1 saturated carbocycles. The summed E-state index contributed by atoms with van der Waals surface area (Å²) >= 11 is 0. The summed E-state index contributed by atoms with van der Waals surface area (Å²) in [5.74, 6) is 1.17. The van der Waals surface area contributed by atoms with Gasteiger partial charge in [0, 0.05) is 13.0 Å². The zero-order valence-electron chi connectivity index (χ0n) is 11.4. The molecule has 0 aromatic heterocycles. The Morgan fingerprint density at radius 1 is 1.35 bits per heavy atom. The number of nitrogens with one attached hydrogen (secondary N) is 1. The highest BCUT2D eigenvalue weighted by Crippen LogP contribution is 2.33. The van der Waals surface area contributed by atoms with E-state index < -0.39 is 0 Å². The van der Waals surface area contributed by atoms with E-state index in [1.165, 1.54) is 19.3 Å². The molecule has 3 nitrogen and oxygen atoms in total. The van der Waals surface area contributed by atoms with Gasteiger partial charge in [-0.2, -0.15) is 0 Å². The first-order valence-electron chi connectivity index (χ1n) is 7.00. The van der Waals surface area contributed by atoms with Crippen LogP contribution in [0.2, 0.25) is 0 Å². The molecular formula is C14H28N2O. The van der Waals surface area contributed by atoms with Crippen LogP contribution in [0.25, 0.3) is 0 Å². The predicted molar refractivity (Wildman–Crippen MR) is 71.7 cm³/mol. The van der Waals surface area contributed by atoms with Gasteiger partial charge in [-0.25, -0.2) is 0 Å². The molecule has 0 bridgehead atoms. The lowest BCUT2D eigenvalue weighted by Gasteiger charge is -2.23. The van der Waals surface area contributed by atoms with Crippen molar-refractivity contribution in [1.29, 1.82) is 0 Å². The van der Waals surface area contributed by atoms with Crippen LogP contribution in [0.3, 0.4) is 0 Å². The topological polar surface area (TPSA) is 55.1 Å². The van der Waals surface area contributed by atoms with Gasteiger partial charge in [0.25, 0.3) is 0 Å². The van der Waals surface area contributed by atoms with E-state index in [1.807, 2.05) is 0 Å². The maximum atomic E-state index is 11.6. The molecule has 0 heterocycles. The van der Waals surface area contributed by atoms with E-state index in [2.05, 4.69) is 19.2 Å². The van der Waals surface area contributed by atoms with Gasteiger partial charge in [-0.3, -0.25) is 4.79 Å². The van der Waals surface area contributed by atoms with E-state index in [9.17, 15) is 4.79 Å². The van der Waals surface area contributed by atoms with Crippen LogP contribution in [0.4, 0.5) is 0 Å². The van der Waals surface area contributed by atoms with Gasteiger partial charge in [0.15, 0.2) is 0 Å². The Morgan fingerprint density at radius 2 is 2.06 bits per heavy atom.